The summed E-state index contributed by atoms with van der Waals surface area (Å²) in [5.41, 5.74) is 11.4. The lowest BCUT2D eigenvalue weighted by atomic mass is 9.35. The molecule has 0 spiro atoms. The lowest BCUT2D eigenvalue weighted by molar-refractivity contribution is 0.651. The van der Waals surface area contributed by atoms with Crippen molar-refractivity contribution < 1.29 is 4.42 Å². The molecule has 0 saturated carbocycles. The van der Waals surface area contributed by atoms with Crippen molar-refractivity contribution >= 4 is 79.2 Å². The van der Waals surface area contributed by atoms with Crippen LogP contribution in [0, 0.1) is 0 Å². The first-order chi connectivity index (χ1) is 19.9. The van der Waals surface area contributed by atoms with Gasteiger partial charge in [-0.2, -0.15) is 0 Å². The van der Waals surface area contributed by atoms with Gasteiger partial charge in [0, 0.05) is 28.4 Å². The molecule has 9 rings (SSSR count). The van der Waals surface area contributed by atoms with Crippen molar-refractivity contribution in [3.05, 3.63) is 140 Å². The highest BCUT2D eigenvalue weighted by molar-refractivity contribution is 7.00. The second kappa shape index (κ2) is 8.14. The molecular formula is C36H23BN2O. The number of fused-ring (bicyclic) bond motifs is 8. The van der Waals surface area contributed by atoms with Crippen LogP contribution >= 0.6 is 0 Å². The van der Waals surface area contributed by atoms with Gasteiger partial charge >= 0.3 is 0 Å². The molecule has 3 nitrogen and oxygen atoms in total. The normalized spacial score (nSPS) is 13.3. The van der Waals surface area contributed by atoms with E-state index in [-0.39, 0.29) is 6.71 Å². The van der Waals surface area contributed by atoms with E-state index < -0.39 is 0 Å². The van der Waals surface area contributed by atoms with E-state index in [4.69, 9.17) is 4.42 Å². The second-order valence-corrected chi connectivity index (χ2v) is 10.5. The predicted octanol–water partition coefficient (Wildman–Crippen LogP) is 7.67. The largest absolute Gasteiger partial charge is 0.468 e. The Morgan fingerprint density at radius 3 is 1.93 bits per heavy atom. The van der Waals surface area contributed by atoms with E-state index in [0.29, 0.717) is 0 Å². The summed E-state index contributed by atoms with van der Waals surface area (Å²) in [6.07, 6.45) is 0. The molecule has 7 aromatic rings. The second-order valence-electron chi connectivity index (χ2n) is 10.5. The van der Waals surface area contributed by atoms with Crippen molar-refractivity contribution in [2.24, 2.45) is 0 Å². The Hall–Kier alpha value is -5.22. The lowest BCUT2D eigenvalue weighted by Gasteiger charge is -2.42. The molecule has 2 aliphatic heterocycles. The molecule has 0 fully saturated rings. The summed E-state index contributed by atoms with van der Waals surface area (Å²) in [5.74, 6) is 0. The van der Waals surface area contributed by atoms with Gasteiger partial charge in [-0.05, 0) is 70.2 Å². The minimum atomic E-state index is -0.0245. The number of rotatable bonds is 2. The smallest absolute Gasteiger partial charge is 0.297 e. The fraction of sp³-hybridized carbons (Fsp3) is 0. The van der Waals surface area contributed by atoms with Gasteiger partial charge < -0.3 is 14.2 Å². The summed E-state index contributed by atoms with van der Waals surface area (Å²) in [6, 6.07) is 49.8. The van der Waals surface area contributed by atoms with Crippen molar-refractivity contribution in [2.45, 2.75) is 0 Å². The predicted molar refractivity (Wildman–Crippen MR) is 168 cm³/mol. The van der Waals surface area contributed by atoms with Crippen molar-refractivity contribution in [1.82, 2.24) is 0 Å². The molecule has 186 valence electrons. The maximum Gasteiger partial charge on any atom is 0.297 e. The third-order valence-corrected chi connectivity index (χ3v) is 8.41. The molecule has 3 heterocycles. The van der Waals surface area contributed by atoms with Crippen LogP contribution in [0.25, 0.3) is 21.7 Å². The minimum Gasteiger partial charge on any atom is -0.468 e. The number of benzene rings is 6. The van der Waals surface area contributed by atoms with E-state index in [0.717, 1.165) is 33.7 Å². The van der Waals surface area contributed by atoms with E-state index in [1.165, 1.54) is 38.8 Å². The number of furan rings is 1. The monoisotopic (exact) mass is 510 g/mol. The average molecular weight is 510 g/mol. The Morgan fingerprint density at radius 2 is 1.12 bits per heavy atom. The third kappa shape index (κ3) is 2.85. The maximum absolute atomic E-state index is 6.94. The van der Waals surface area contributed by atoms with Crippen LogP contribution in [0.2, 0.25) is 0 Å². The zero-order chi connectivity index (χ0) is 26.2. The Balaban J connectivity index is 1.44. The first-order valence-electron chi connectivity index (χ1n) is 13.7. The molecular weight excluding hydrogens is 487 g/mol. The maximum atomic E-state index is 6.94. The zero-order valence-electron chi connectivity index (χ0n) is 21.7. The SMILES string of the molecule is c1ccc(N2c3ccccc3B3c4oc5ccc6ccccc6c5c4N(c4ccccc4)c4cccc2c43)cc1. The van der Waals surface area contributed by atoms with Crippen LogP contribution in [0.1, 0.15) is 0 Å². The van der Waals surface area contributed by atoms with Gasteiger partial charge in [-0.3, -0.25) is 0 Å². The van der Waals surface area contributed by atoms with Crippen molar-refractivity contribution in [2.75, 3.05) is 9.80 Å². The van der Waals surface area contributed by atoms with Crippen LogP contribution in [0.15, 0.2) is 144 Å². The Kier molecular flexibility index (Phi) is 4.41. The Morgan fingerprint density at radius 1 is 0.500 bits per heavy atom. The van der Waals surface area contributed by atoms with E-state index >= 15 is 0 Å². The zero-order valence-corrected chi connectivity index (χ0v) is 21.7. The van der Waals surface area contributed by atoms with Crippen LogP contribution < -0.4 is 26.4 Å². The van der Waals surface area contributed by atoms with Crippen LogP contribution in [-0.4, -0.2) is 6.71 Å². The number of hydrogen-bond donors (Lipinski definition) is 0. The molecule has 0 N–H and O–H groups in total. The van der Waals surface area contributed by atoms with Crippen LogP contribution in [0.3, 0.4) is 0 Å². The van der Waals surface area contributed by atoms with Gasteiger partial charge in [-0.25, -0.2) is 0 Å². The summed E-state index contributed by atoms with van der Waals surface area (Å²) in [5, 5.41) is 3.59. The number of hydrogen-bond acceptors (Lipinski definition) is 3. The minimum absolute atomic E-state index is 0.0245. The van der Waals surface area contributed by atoms with Gasteiger partial charge in [0.15, 0.2) is 0 Å². The number of nitrogens with zero attached hydrogens (tertiary/aromatic N) is 2. The fourth-order valence-corrected chi connectivity index (χ4v) is 6.83. The van der Waals surface area contributed by atoms with E-state index in [1.54, 1.807) is 0 Å². The average Bonchev–Trinajstić information content (AvgIpc) is 3.41. The van der Waals surface area contributed by atoms with Crippen molar-refractivity contribution in [3.8, 4) is 0 Å². The molecule has 0 aliphatic carbocycles. The molecule has 6 aromatic carbocycles. The molecule has 0 radical (unpaired) electrons. The standard InChI is InChI=1S/C36H23BN2O/c1-3-13-25(14-4-1)38-29-19-10-9-18-28(29)37-34-30(38)20-11-21-31(34)39(26-15-5-2-6-16-26)35-33-27-17-8-7-12-24(27)22-23-32(33)40-36(35)37/h1-23H. The highest BCUT2D eigenvalue weighted by atomic mass is 16.3. The van der Waals surface area contributed by atoms with Crippen molar-refractivity contribution in [3.63, 3.8) is 0 Å². The highest BCUT2D eigenvalue weighted by Crippen LogP contribution is 2.47. The van der Waals surface area contributed by atoms with Crippen molar-refractivity contribution in [1.29, 1.82) is 0 Å². The molecule has 4 heteroatoms. The molecule has 1 aromatic heterocycles. The molecule has 40 heavy (non-hydrogen) atoms. The Bertz CT molecular complexity index is 2080. The van der Waals surface area contributed by atoms with Crippen LogP contribution in [0.4, 0.5) is 34.1 Å². The summed E-state index contributed by atoms with van der Waals surface area (Å²) < 4.78 is 6.94. The summed E-state index contributed by atoms with van der Waals surface area (Å²) >= 11 is 0. The van der Waals surface area contributed by atoms with Gasteiger partial charge in [0.1, 0.15) is 5.58 Å². The first-order valence-corrected chi connectivity index (χ1v) is 13.7. The van der Waals surface area contributed by atoms with Crippen LogP contribution in [-0.2, 0) is 0 Å². The first kappa shape index (κ1) is 21.7. The van der Waals surface area contributed by atoms with Gasteiger partial charge in [0.05, 0.1) is 16.7 Å². The number of anilines is 6. The summed E-state index contributed by atoms with van der Waals surface area (Å²) in [4.78, 5) is 4.82. The van der Waals surface area contributed by atoms with E-state index in [2.05, 4.69) is 149 Å². The molecule has 0 saturated heterocycles. The summed E-state index contributed by atoms with van der Waals surface area (Å²) in [6.45, 7) is -0.0245. The third-order valence-electron chi connectivity index (χ3n) is 8.41. The summed E-state index contributed by atoms with van der Waals surface area (Å²) in [7, 11) is 0. The highest BCUT2D eigenvalue weighted by Gasteiger charge is 2.46. The van der Waals surface area contributed by atoms with E-state index in [9.17, 15) is 0 Å². The Labute approximate surface area is 232 Å². The van der Waals surface area contributed by atoms with E-state index in [1.807, 2.05) is 0 Å². The molecule has 0 bridgehead atoms. The van der Waals surface area contributed by atoms with Gasteiger partial charge in [0.2, 0.25) is 0 Å². The molecule has 0 atom stereocenters. The molecule has 0 amide bonds. The van der Waals surface area contributed by atoms with Crippen LogP contribution in [0.5, 0.6) is 0 Å². The molecule has 0 unspecified atom stereocenters. The topological polar surface area (TPSA) is 19.6 Å². The van der Waals surface area contributed by atoms with Gasteiger partial charge in [-0.15, -0.1) is 0 Å². The lowest BCUT2D eigenvalue weighted by Crippen LogP contribution is -2.60. The fourth-order valence-electron chi connectivity index (χ4n) is 6.83. The quantitative estimate of drug-likeness (QED) is 0.223. The van der Waals surface area contributed by atoms with Gasteiger partial charge in [0.25, 0.3) is 6.71 Å². The number of para-hydroxylation sites is 3. The van der Waals surface area contributed by atoms with Gasteiger partial charge in [-0.1, -0.05) is 91.0 Å². The molecule has 2 aliphatic rings.